The Morgan fingerprint density at radius 3 is 2.90 bits per heavy atom. The summed E-state index contributed by atoms with van der Waals surface area (Å²) in [6.07, 6.45) is 0.375. The lowest BCUT2D eigenvalue weighted by atomic mass is 10.3. The molecule has 0 bridgehead atoms. The van der Waals surface area contributed by atoms with Gasteiger partial charge in [0.25, 0.3) is 5.91 Å². The molecular formula is C14H19N3O2S. The fraction of sp³-hybridized carbons (Fsp3) is 0.571. The maximum atomic E-state index is 12.4. The van der Waals surface area contributed by atoms with E-state index in [1.165, 1.54) is 11.3 Å². The van der Waals surface area contributed by atoms with Gasteiger partial charge < -0.3 is 9.64 Å². The number of carbonyl (C=O) groups is 1. The van der Waals surface area contributed by atoms with Crippen LogP contribution in [0.1, 0.15) is 16.1 Å². The number of hydrogen-bond acceptors (Lipinski definition) is 5. The molecule has 6 heteroatoms. The van der Waals surface area contributed by atoms with Crippen molar-refractivity contribution < 1.29 is 9.53 Å². The van der Waals surface area contributed by atoms with Crippen molar-refractivity contribution in [1.82, 2.24) is 9.80 Å². The van der Waals surface area contributed by atoms with Crippen molar-refractivity contribution in [2.24, 2.45) is 0 Å². The maximum absolute atomic E-state index is 12.4. The van der Waals surface area contributed by atoms with E-state index in [2.05, 4.69) is 11.0 Å². The molecule has 0 aliphatic carbocycles. The first-order chi connectivity index (χ1) is 9.81. The lowest BCUT2D eigenvalue weighted by Crippen LogP contribution is -2.43. The lowest BCUT2D eigenvalue weighted by Gasteiger charge is -2.29. The molecule has 1 aliphatic rings. The van der Waals surface area contributed by atoms with Crippen molar-refractivity contribution >= 4 is 17.2 Å². The van der Waals surface area contributed by atoms with E-state index in [0.29, 0.717) is 19.5 Å². The average molecular weight is 293 g/mol. The maximum Gasteiger partial charge on any atom is 0.263 e. The Bertz CT molecular complexity index is 449. The second-order valence-electron chi connectivity index (χ2n) is 4.63. The van der Waals surface area contributed by atoms with Crippen LogP contribution in [-0.4, -0.2) is 61.6 Å². The summed E-state index contributed by atoms with van der Waals surface area (Å²) >= 11 is 1.45. The molecular weight excluding hydrogens is 274 g/mol. The fourth-order valence-electron chi connectivity index (χ4n) is 2.14. The normalized spacial score (nSPS) is 15.8. The Balaban J connectivity index is 1.89. The third-order valence-corrected chi connectivity index (χ3v) is 4.16. The number of hydrogen-bond donors (Lipinski definition) is 0. The summed E-state index contributed by atoms with van der Waals surface area (Å²) in [5.41, 5.74) is 0. The highest BCUT2D eigenvalue weighted by Crippen LogP contribution is 2.12. The van der Waals surface area contributed by atoms with E-state index in [9.17, 15) is 4.79 Å². The number of nitrogens with zero attached hydrogens (tertiary/aromatic N) is 3. The second-order valence-corrected chi connectivity index (χ2v) is 5.58. The zero-order valence-corrected chi connectivity index (χ0v) is 12.3. The standard InChI is InChI=1S/C14H19N3O2S/c15-4-2-5-17(14(18)13-3-1-12-20-13)7-6-16-8-10-19-11-9-16/h1,3,12H,2,5-11H2. The summed E-state index contributed by atoms with van der Waals surface area (Å²) in [6, 6.07) is 5.82. The molecule has 2 rings (SSSR count). The molecule has 1 fully saturated rings. The summed E-state index contributed by atoms with van der Waals surface area (Å²) in [7, 11) is 0. The van der Waals surface area contributed by atoms with Gasteiger partial charge in [-0.1, -0.05) is 6.07 Å². The lowest BCUT2D eigenvalue weighted by molar-refractivity contribution is 0.0327. The molecule has 20 heavy (non-hydrogen) atoms. The van der Waals surface area contributed by atoms with Gasteiger partial charge in [0, 0.05) is 32.7 Å². The minimum atomic E-state index is 0.0310. The van der Waals surface area contributed by atoms with Crippen molar-refractivity contribution in [3.05, 3.63) is 22.4 Å². The quantitative estimate of drug-likeness (QED) is 0.796. The van der Waals surface area contributed by atoms with E-state index in [1.54, 1.807) is 4.90 Å². The van der Waals surface area contributed by atoms with Gasteiger partial charge in [0.1, 0.15) is 0 Å². The third-order valence-electron chi connectivity index (χ3n) is 3.30. The highest BCUT2D eigenvalue weighted by molar-refractivity contribution is 7.12. The van der Waals surface area contributed by atoms with Crippen molar-refractivity contribution in [2.75, 3.05) is 45.9 Å². The molecule has 0 atom stereocenters. The van der Waals surface area contributed by atoms with Gasteiger partial charge in [-0.15, -0.1) is 11.3 Å². The second kappa shape index (κ2) is 8.00. The Kier molecular flexibility index (Phi) is 5.99. The Morgan fingerprint density at radius 2 is 2.25 bits per heavy atom. The predicted octanol–water partition coefficient (Wildman–Crippen LogP) is 1.44. The van der Waals surface area contributed by atoms with Gasteiger partial charge >= 0.3 is 0 Å². The van der Waals surface area contributed by atoms with Gasteiger partial charge in [-0.25, -0.2) is 0 Å². The number of amides is 1. The van der Waals surface area contributed by atoms with Crippen molar-refractivity contribution in [3.8, 4) is 6.07 Å². The molecule has 0 N–H and O–H groups in total. The van der Waals surface area contributed by atoms with Gasteiger partial charge in [0.05, 0.1) is 30.6 Å². The third kappa shape index (κ3) is 4.30. The van der Waals surface area contributed by atoms with Crippen LogP contribution in [0.15, 0.2) is 17.5 Å². The van der Waals surface area contributed by atoms with Gasteiger partial charge in [-0.2, -0.15) is 5.26 Å². The van der Waals surface area contributed by atoms with Crippen LogP contribution in [0, 0.1) is 11.3 Å². The Hall–Kier alpha value is -1.42. The van der Waals surface area contributed by atoms with Crippen LogP contribution in [0.2, 0.25) is 0 Å². The first-order valence-electron chi connectivity index (χ1n) is 6.81. The van der Waals surface area contributed by atoms with Crippen LogP contribution in [0.25, 0.3) is 0 Å². The summed E-state index contributed by atoms with van der Waals surface area (Å²) in [6.45, 7) is 5.36. The highest BCUT2D eigenvalue weighted by Gasteiger charge is 2.18. The zero-order valence-electron chi connectivity index (χ0n) is 11.5. The van der Waals surface area contributed by atoms with E-state index in [1.807, 2.05) is 17.5 Å². The molecule has 0 unspecified atom stereocenters. The van der Waals surface area contributed by atoms with E-state index in [4.69, 9.17) is 10.00 Å². The fourth-order valence-corrected chi connectivity index (χ4v) is 2.83. The van der Waals surface area contributed by atoms with Gasteiger partial charge in [-0.3, -0.25) is 9.69 Å². The topological polar surface area (TPSA) is 56.6 Å². The summed E-state index contributed by atoms with van der Waals surface area (Å²) in [4.78, 5) is 17.2. The van der Waals surface area contributed by atoms with E-state index in [0.717, 1.165) is 37.7 Å². The number of thiophene rings is 1. The van der Waals surface area contributed by atoms with Crippen molar-refractivity contribution in [1.29, 1.82) is 5.26 Å². The number of rotatable bonds is 6. The molecule has 1 aromatic rings. The number of ether oxygens (including phenoxy) is 1. The SMILES string of the molecule is N#CCCN(CCN1CCOCC1)C(=O)c1cccs1. The molecule has 2 heterocycles. The summed E-state index contributed by atoms with van der Waals surface area (Å²) in [5.74, 6) is 0.0310. The van der Waals surface area contributed by atoms with Crippen LogP contribution in [0.4, 0.5) is 0 Å². The Labute approximate surface area is 123 Å². The smallest absolute Gasteiger partial charge is 0.263 e. The van der Waals surface area contributed by atoms with Gasteiger partial charge in [0.15, 0.2) is 0 Å². The van der Waals surface area contributed by atoms with Gasteiger partial charge in [-0.05, 0) is 11.4 Å². The number of nitriles is 1. The van der Waals surface area contributed by atoms with Crippen LogP contribution in [-0.2, 0) is 4.74 Å². The molecule has 0 radical (unpaired) electrons. The highest BCUT2D eigenvalue weighted by atomic mass is 32.1. The molecule has 0 aromatic carbocycles. The van der Waals surface area contributed by atoms with E-state index < -0.39 is 0 Å². The van der Waals surface area contributed by atoms with E-state index >= 15 is 0 Å². The molecule has 5 nitrogen and oxygen atoms in total. The minimum absolute atomic E-state index is 0.0310. The van der Waals surface area contributed by atoms with Gasteiger partial charge in [0.2, 0.25) is 0 Å². The Morgan fingerprint density at radius 1 is 1.45 bits per heavy atom. The molecule has 1 aliphatic heterocycles. The average Bonchev–Trinajstić information content (AvgIpc) is 3.02. The number of morpholine rings is 1. The van der Waals surface area contributed by atoms with E-state index in [-0.39, 0.29) is 5.91 Å². The summed E-state index contributed by atoms with van der Waals surface area (Å²) in [5, 5.41) is 10.6. The zero-order chi connectivity index (χ0) is 14.2. The summed E-state index contributed by atoms with van der Waals surface area (Å²) < 4.78 is 5.31. The molecule has 1 saturated heterocycles. The predicted molar refractivity (Wildman–Crippen MR) is 77.7 cm³/mol. The number of carbonyl (C=O) groups excluding carboxylic acids is 1. The molecule has 1 aromatic heterocycles. The van der Waals surface area contributed by atoms with Crippen LogP contribution in [0.5, 0.6) is 0 Å². The van der Waals surface area contributed by atoms with Crippen molar-refractivity contribution in [3.63, 3.8) is 0 Å². The largest absolute Gasteiger partial charge is 0.379 e. The first kappa shape index (κ1) is 15.0. The molecule has 0 saturated carbocycles. The van der Waals surface area contributed by atoms with Crippen LogP contribution >= 0.6 is 11.3 Å². The molecule has 0 spiro atoms. The molecule has 1 amide bonds. The monoisotopic (exact) mass is 293 g/mol. The minimum Gasteiger partial charge on any atom is -0.379 e. The molecule has 108 valence electrons. The van der Waals surface area contributed by atoms with Crippen LogP contribution < -0.4 is 0 Å². The first-order valence-corrected chi connectivity index (χ1v) is 7.69. The van der Waals surface area contributed by atoms with Crippen LogP contribution in [0.3, 0.4) is 0 Å². The van der Waals surface area contributed by atoms with Crippen molar-refractivity contribution in [2.45, 2.75) is 6.42 Å².